The molecule has 0 aliphatic heterocycles. The topological polar surface area (TPSA) is 80.3 Å². The number of aromatic nitrogens is 1. The zero-order valence-electron chi connectivity index (χ0n) is 11.3. The third-order valence-corrected chi connectivity index (χ3v) is 2.56. The average molecular weight is 265 g/mol. The molecule has 0 aliphatic carbocycles. The highest BCUT2D eigenvalue weighted by molar-refractivity contribution is 5.83. The largest absolute Gasteiger partial charge is 0.467 e. The lowest BCUT2D eigenvalue weighted by atomic mass is 10.1. The summed E-state index contributed by atoms with van der Waals surface area (Å²) < 4.78 is 4.64. The molecule has 0 saturated carbocycles. The third kappa shape index (κ3) is 4.95. The van der Waals surface area contributed by atoms with Gasteiger partial charge in [0.2, 0.25) is 0 Å². The van der Waals surface area contributed by atoms with Gasteiger partial charge in [-0.15, -0.1) is 0 Å². The first-order valence-electron chi connectivity index (χ1n) is 6.06. The number of nitrogens with zero attached hydrogens (tertiary/aromatic N) is 1. The van der Waals surface area contributed by atoms with Gasteiger partial charge in [-0.3, -0.25) is 4.98 Å². The molecule has 0 radical (unpaired) electrons. The number of urea groups is 1. The van der Waals surface area contributed by atoms with E-state index in [1.807, 2.05) is 19.9 Å². The number of carbonyl (C=O) groups is 2. The van der Waals surface area contributed by atoms with Gasteiger partial charge in [-0.25, -0.2) is 9.59 Å². The van der Waals surface area contributed by atoms with E-state index >= 15 is 0 Å². The molecule has 1 heterocycles. The maximum atomic E-state index is 11.7. The molecule has 0 aliphatic rings. The molecule has 1 atom stereocenters. The first-order chi connectivity index (χ1) is 9.04. The second-order valence-electron chi connectivity index (χ2n) is 4.39. The number of esters is 1. The Morgan fingerprint density at radius 2 is 2.11 bits per heavy atom. The predicted octanol–water partition coefficient (Wildman–Crippen LogP) is 1.08. The Kier molecular flexibility index (Phi) is 5.78. The highest BCUT2D eigenvalue weighted by Gasteiger charge is 2.24. The van der Waals surface area contributed by atoms with Crippen LogP contribution in [0.1, 0.15) is 19.5 Å². The van der Waals surface area contributed by atoms with Gasteiger partial charge in [-0.2, -0.15) is 0 Å². The highest BCUT2D eigenvalue weighted by atomic mass is 16.5. The van der Waals surface area contributed by atoms with E-state index in [0.29, 0.717) is 6.54 Å². The smallest absolute Gasteiger partial charge is 0.328 e. The van der Waals surface area contributed by atoms with Gasteiger partial charge in [0, 0.05) is 6.20 Å². The summed E-state index contributed by atoms with van der Waals surface area (Å²) in [4.78, 5) is 27.3. The third-order valence-electron chi connectivity index (χ3n) is 2.56. The number of nitrogens with one attached hydrogen (secondary N) is 2. The number of ether oxygens (including phenoxy) is 1. The standard InChI is InChI=1S/C13H19N3O3/c1-9(2)11(12(17)19-3)16-13(18)15-8-10-6-4-5-7-14-10/h4-7,9,11H,8H2,1-3H3,(H2,15,16,18). The maximum Gasteiger partial charge on any atom is 0.328 e. The highest BCUT2D eigenvalue weighted by Crippen LogP contribution is 2.03. The van der Waals surface area contributed by atoms with E-state index in [1.54, 1.807) is 18.3 Å². The number of rotatable bonds is 5. The van der Waals surface area contributed by atoms with Gasteiger partial charge in [0.25, 0.3) is 0 Å². The molecule has 0 fully saturated rings. The van der Waals surface area contributed by atoms with Crippen molar-refractivity contribution >= 4 is 12.0 Å². The van der Waals surface area contributed by atoms with E-state index in [9.17, 15) is 9.59 Å². The van der Waals surface area contributed by atoms with Crippen LogP contribution in [-0.4, -0.2) is 30.1 Å². The normalized spacial score (nSPS) is 11.8. The molecule has 104 valence electrons. The van der Waals surface area contributed by atoms with Crippen molar-refractivity contribution in [2.75, 3.05) is 7.11 Å². The molecule has 6 heteroatoms. The number of methoxy groups -OCH3 is 1. The number of amides is 2. The molecule has 0 bridgehead atoms. The van der Waals surface area contributed by atoms with Crippen LogP contribution in [0.3, 0.4) is 0 Å². The summed E-state index contributed by atoms with van der Waals surface area (Å²) in [7, 11) is 1.30. The maximum absolute atomic E-state index is 11.7. The molecular weight excluding hydrogens is 246 g/mol. The van der Waals surface area contributed by atoms with Crippen LogP contribution in [0.5, 0.6) is 0 Å². The van der Waals surface area contributed by atoms with E-state index in [-0.39, 0.29) is 5.92 Å². The minimum absolute atomic E-state index is 0.0481. The van der Waals surface area contributed by atoms with Crippen LogP contribution in [0.25, 0.3) is 0 Å². The van der Waals surface area contributed by atoms with Gasteiger partial charge in [0.05, 0.1) is 19.3 Å². The van der Waals surface area contributed by atoms with Gasteiger partial charge in [-0.1, -0.05) is 19.9 Å². The Morgan fingerprint density at radius 3 is 2.63 bits per heavy atom. The lowest BCUT2D eigenvalue weighted by Gasteiger charge is -2.19. The van der Waals surface area contributed by atoms with Crippen molar-refractivity contribution in [3.05, 3.63) is 30.1 Å². The van der Waals surface area contributed by atoms with Crippen molar-refractivity contribution in [3.8, 4) is 0 Å². The molecule has 19 heavy (non-hydrogen) atoms. The SMILES string of the molecule is COC(=O)C(NC(=O)NCc1ccccn1)C(C)C. The lowest BCUT2D eigenvalue weighted by Crippen LogP contribution is -2.48. The second-order valence-corrected chi connectivity index (χ2v) is 4.39. The summed E-state index contributed by atoms with van der Waals surface area (Å²) >= 11 is 0. The van der Waals surface area contributed by atoms with Crippen molar-refractivity contribution in [2.45, 2.75) is 26.4 Å². The van der Waals surface area contributed by atoms with E-state index in [4.69, 9.17) is 0 Å². The summed E-state index contributed by atoms with van der Waals surface area (Å²) in [6, 6.07) is 4.37. The molecule has 2 amide bonds. The molecule has 0 spiro atoms. The molecule has 0 saturated heterocycles. The molecule has 1 aromatic heterocycles. The van der Waals surface area contributed by atoms with Crippen LogP contribution in [0, 0.1) is 5.92 Å². The van der Waals surface area contributed by atoms with E-state index in [2.05, 4.69) is 20.4 Å². The number of hydrogen-bond acceptors (Lipinski definition) is 4. The van der Waals surface area contributed by atoms with Crippen molar-refractivity contribution in [1.29, 1.82) is 0 Å². The Hall–Kier alpha value is -2.11. The summed E-state index contributed by atoms with van der Waals surface area (Å²) in [5, 5.41) is 5.23. The molecule has 6 nitrogen and oxygen atoms in total. The first-order valence-corrected chi connectivity index (χ1v) is 6.06. The van der Waals surface area contributed by atoms with Crippen molar-refractivity contribution in [1.82, 2.24) is 15.6 Å². The summed E-state index contributed by atoms with van der Waals surface area (Å²) in [5.74, 6) is -0.504. The van der Waals surface area contributed by atoms with Gasteiger partial charge in [0.15, 0.2) is 0 Å². The lowest BCUT2D eigenvalue weighted by molar-refractivity contribution is -0.143. The molecule has 2 N–H and O–H groups in total. The minimum atomic E-state index is -0.659. The Labute approximate surface area is 112 Å². The van der Waals surface area contributed by atoms with Gasteiger partial charge in [0.1, 0.15) is 6.04 Å². The molecule has 1 aromatic rings. The number of pyridine rings is 1. The van der Waals surface area contributed by atoms with Crippen LogP contribution >= 0.6 is 0 Å². The Bertz CT molecular complexity index is 420. The van der Waals surface area contributed by atoms with Crippen molar-refractivity contribution < 1.29 is 14.3 Å². The second kappa shape index (κ2) is 7.35. The molecule has 1 rings (SSSR count). The van der Waals surface area contributed by atoms with Gasteiger partial charge < -0.3 is 15.4 Å². The van der Waals surface area contributed by atoms with E-state index < -0.39 is 18.0 Å². The van der Waals surface area contributed by atoms with Crippen LogP contribution < -0.4 is 10.6 Å². The Balaban J connectivity index is 2.47. The van der Waals surface area contributed by atoms with E-state index in [1.165, 1.54) is 7.11 Å². The number of hydrogen-bond donors (Lipinski definition) is 2. The fourth-order valence-corrected chi connectivity index (χ4v) is 1.49. The van der Waals surface area contributed by atoms with Crippen LogP contribution in [0.15, 0.2) is 24.4 Å². The van der Waals surface area contributed by atoms with E-state index in [0.717, 1.165) is 5.69 Å². The van der Waals surface area contributed by atoms with Gasteiger partial charge in [-0.05, 0) is 18.1 Å². The summed E-state index contributed by atoms with van der Waals surface area (Å²) in [6.07, 6.45) is 1.65. The quantitative estimate of drug-likeness (QED) is 0.781. The molecular formula is C13H19N3O3. The molecule has 1 unspecified atom stereocenters. The summed E-state index contributed by atoms with van der Waals surface area (Å²) in [6.45, 7) is 3.97. The van der Waals surface area contributed by atoms with Crippen LogP contribution in [0.4, 0.5) is 4.79 Å². The fraction of sp³-hybridized carbons (Fsp3) is 0.462. The first kappa shape index (κ1) is 14.9. The van der Waals surface area contributed by atoms with Crippen molar-refractivity contribution in [2.24, 2.45) is 5.92 Å². The minimum Gasteiger partial charge on any atom is -0.467 e. The van der Waals surface area contributed by atoms with Crippen LogP contribution in [0.2, 0.25) is 0 Å². The number of carbonyl (C=O) groups excluding carboxylic acids is 2. The van der Waals surface area contributed by atoms with Crippen molar-refractivity contribution in [3.63, 3.8) is 0 Å². The predicted molar refractivity (Wildman–Crippen MR) is 70.3 cm³/mol. The molecule has 0 aromatic carbocycles. The zero-order chi connectivity index (χ0) is 14.3. The van der Waals surface area contributed by atoms with Gasteiger partial charge >= 0.3 is 12.0 Å². The average Bonchev–Trinajstić information content (AvgIpc) is 2.42. The zero-order valence-corrected chi connectivity index (χ0v) is 11.3. The monoisotopic (exact) mass is 265 g/mol. The fourth-order valence-electron chi connectivity index (χ4n) is 1.49. The van der Waals surface area contributed by atoms with Crippen LogP contribution in [-0.2, 0) is 16.1 Å². The summed E-state index contributed by atoms with van der Waals surface area (Å²) in [5.41, 5.74) is 0.747. The Morgan fingerprint density at radius 1 is 1.37 bits per heavy atom.